The molecule has 19 heavy (non-hydrogen) atoms. The number of benzene rings is 1. The zero-order valence-electron chi connectivity index (χ0n) is 12.2. The van der Waals surface area contributed by atoms with Gasteiger partial charge in [0.1, 0.15) is 0 Å². The first-order valence-electron chi connectivity index (χ1n) is 7.70. The smallest absolute Gasteiger partial charge is 0.0308 e. The Bertz CT molecular complexity index is 413. The fraction of sp³-hybridized carbons (Fsp3) is 0.647. The van der Waals surface area contributed by atoms with Gasteiger partial charge in [-0.2, -0.15) is 0 Å². The molecule has 1 aliphatic carbocycles. The summed E-state index contributed by atoms with van der Waals surface area (Å²) in [4.78, 5) is 2.67. The van der Waals surface area contributed by atoms with Crippen molar-refractivity contribution in [2.24, 2.45) is 5.92 Å². The van der Waals surface area contributed by atoms with Crippen LogP contribution in [-0.2, 0) is 6.54 Å². The first kappa shape index (κ1) is 13.1. The van der Waals surface area contributed by atoms with Gasteiger partial charge in [-0.1, -0.05) is 30.3 Å². The Morgan fingerprint density at radius 3 is 2.63 bits per heavy atom. The SMILES string of the molecule is CC1CCNC(C)(C2CC2)CN1Cc1ccccc1. The van der Waals surface area contributed by atoms with Crippen LogP contribution < -0.4 is 5.32 Å². The highest BCUT2D eigenvalue weighted by Gasteiger charge is 2.43. The number of hydrogen-bond donors (Lipinski definition) is 1. The summed E-state index contributed by atoms with van der Waals surface area (Å²) in [5.74, 6) is 0.899. The molecule has 1 aromatic rings. The quantitative estimate of drug-likeness (QED) is 0.896. The summed E-state index contributed by atoms with van der Waals surface area (Å²) in [6, 6.07) is 11.6. The molecule has 3 rings (SSSR count). The van der Waals surface area contributed by atoms with E-state index in [9.17, 15) is 0 Å². The molecule has 1 heterocycles. The minimum atomic E-state index is 0.333. The summed E-state index contributed by atoms with van der Waals surface area (Å²) in [6.45, 7) is 8.25. The van der Waals surface area contributed by atoms with E-state index in [1.807, 2.05) is 0 Å². The molecule has 104 valence electrons. The van der Waals surface area contributed by atoms with Crippen LogP contribution >= 0.6 is 0 Å². The fourth-order valence-corrected chi connectivity index (χ4v) is 3.41. The minimum absolute atomic E-state index is 0.333. The topological polar surface area (TPSA) is 15.3 Å². The van der Waals surface area contributed by atoms with Gasteiger partial charge < -0.3 is 5.32 Å². The lowest BCUT2D eigenvalue weighted by atomic mass is 9.95. The van der Waals surface area contributed by atoms with Crippen LogP contribution in [0.25, 0.3) is 0 Å². The Morgan fingerprint density at radius 2 is 1.95 bits per heavy atom. The fourth-order valence-electron chi connectivity index (χ4n) is 3.41. The average molecular weight is 258 g/mol. The molecule has 0 bridgehead atoms. The van der Waals surface area contributed by atoms with Gasteiger partial charge in [-0.15, -0.1) is 0 Å². The van der Waals surface area contributed by atoms with Gasteiger partial charge in [0.15, 0.2) is 0 Å². The van der Waals surface area contributed by atoms with Crippen molar-refractivity contribution in [1.82, 2.24) is 10.2 Å². The monoisotopic (exact) mass is 258 g/mol. The highest BCUT2D eigenvalue weighted by atomic mass is 15.2. The van der Waals surface area contributed by atoms with Gasteiger partial charge in [0, 0.05) is 24.7 Å². The van der Waals surface area contributed by atoms with E-state index in [0.717, 1.165) is 12.5 Å². The first-order valence-corrected chi connectivity index (χ1v) is 7.70. The zero-order valence-corrected chi connectivity index (χ0v) is 12.2. The van der Waals surface area contributed by atoms with Crippen LogP contribution in [-0.4, -0.2) is 29.6 Å². The van der Waals surface area contributed by atoms with E-state index in [0.29, 0.717) is 11.6 Å². The molecule has 2 fully saturated rings. The van der Waals surface area contributed by atoms with Crippen LogP contribution in [0.5, 0.6) is 0 Å². The van der Waals surface area contributed by atoms with Crippen molar-refractivity contribution in [2.45, 2.75) is 51.2 Å². The van der Waals surface area contributed by atoms with E-state index in [1.165, 1.54) is 37.9 Å². The standard InChI is InChI=1S/C17H26N2/c1-14-10-11-18-17(2,16-8-9-16)13-19(14)12-15-6-4-3-5-7-15/h3-7,14,16,18H,8-13H2,1-2H3. The normalized spacial score (nSPS) is 33.1. The highest BCUT2D eigenvalue weighted by Crippen LogP contribution is 2.41. The number of rotatable bonds is 3. The lowest BCUT2D eigenvalue weighted by Gasteiger charge is -2.36. The van der Waals surface area contributed by atoms with Crippen LogP contribution in [0.2, 0.25) is 0 Å². The van der Waals surface area contributed by atoms with Crippen LogP contribution in [0.1, 0.15) is 38.7 Å². The molecule has 1 saturated carbocycles. The van der Waals surface area contributed by atoms with Crippen molar-refractivity contribution in [3.63, 3.8) is 0 Å². The maximum atomic E-state index is 3.82. The van der Waals surface area contributed by atoms with Crippen molar-refractivity contribution < 1.29 is 0 Å². The zero-order chi connectivity index (χ0) is 13.3. The van der Waals surface area contributed by atoms with Crippen LogP contribution in [0.15, 0.2) is 30.3 Å². The predicted molar refractivity (Wildman–Crippen MR) is 80.1 cm³/mol. The number of nitrogens with one attached hydrogen (secondary N) is 1. The van der Waals surface area contributed by atoms with Crippen LogP contribution in [0, 0.1) is 5.92 Å². The van der Waals surface area contributed by atoms with Gasteiger partial charge in [0.2, 0.25) is 0 Å². The summed E-state index contributed by atoms with van der Waals surface area (Å²) in [5, 5.41) is 3.82. The Morgan fingerprint density at radius 1 is 1.21 bits per heavy atom. The largest absolute Gasteiger partial charge is 0.310 e. The molecule has 0 amide bonds. The second-order valence-electron chi connectivity index (χ2n) is 6.65. The molecule has 1 aliphatic heterocycles. The molecule has 2 heteroatoms. The Hall–Kier alpha value is -0.860. The highest BCUT2D eigenvalue weighted by molar-refractivity contribution is 5.15. The molecule has 2 nitrogen and oxygen atoms in total. The third-order valence-electron chi connectivity index (χ3n) is 4.95. The predicted octanol–water partition coefficient (Wildman–Crippen LogP) is 3.04. The summed E-state index contributed by atoms with van der Waals surface area (Å²) in [7, 11) is 0. The van der Waals surface area contributed by atoms with Gasteiger partial charge in [0.25, 0.3) is 0 Å². The van der Waals surface area contributed by atoms with Gasteiger partial charge >= 0.3 is 0 Å². The Labute approximate surface area is 117 Å². The number of nitrogens with zero attached hydrogens (tertiary/aromatic N) is 1. The van der Waals surface area contributed by atoms with E-state index in [-0.39, 0.29) is 0 Å². The molecular formula is C17H26N2. The van der Waals surface area contributed by atoms with Gasteiger partial charge in [-0.25, -0.2) is 0 Å². The Kier molecular flexibility index (Phi) is 3.64. The maximum Gasteiger partial charge on any atom is 0.0308 e. The molecule has 2 aliphatic rings. The lowest BCUT2D eigenvalue weighted by Crippen LogP contribution is -2.51. The molecule has 0 spiro atoms. The molecule has 2 unspecified atom stereocenters. The van der Waals surface area contributed by atoms with E-state index in [4.69, 9.17) is 0 Å². The summed E-state index contributed by atoms with van der Waals surface area (Å²) in [5.41, 5.74) is 1.77. The Balaban J connectivity index is 1.73. The average Bonchev–Trinajstić information content (AvgIpc) is 3.23. The summed E-state index contributed by atoms with van der Waals surface area (Å²) < 4.78 is 0. The van der Waals surface area contributed by atoms with Gasteiger partial charge in [-0.05, 0) is 51.1 Å². The molecule has 0 aromatic heterocycles. The van der Waals surface area contributed by atoms with Crippen LogP contribution in [0.4, 0.5) is 0 Å². The van der Waals surface area contributed by atoms with E-state index in [2.05, 4.69) is 54.4 Å². The number of hydrogen-bond acceptors (Lipinski definition) is 2. The van der Waals surface area contributed by atoms with Crippen molar-refractivity contribution >= 4 is 0 Å². The third-order valence-corrected chi connectivity index (χ3v) is 4.95. The second kappa shape index (κ2) is 5.26. The summed E-state index contributed by atoms with van der Waals surface area (Å²) in [6.07, 6.45) is 4.09. The van der Waals surface area contributed by atoms with Gasteiger partial charge in [-0.3, -0.25) is 4.90 Å². The van der Waals surface area contributed by atoms with E-state index >= 15 is 0 Å². The molecular weight excluding hydrogens is 232 g/mol. The van der Waals surface area contributed by atoms with Crippen molar-refractivity contribution in [3.05, 3.63) is 35.9 Å². The van der Waals surface area contributed by atoms with E-state index < -0.39 is 0 Å². The first-order chi connectivity index (χ1) is 9.17. The lowest BCUT2D eigenvalue weighted by molar-refractivity contribution is 0.155. The second-order valence-corrected chi connectivity index (χ2v) is 6.65. The van der Waals surface area contributed by atoms with Crippen molar-refractivity contribution in [1.29, 1.82) is 0 Å². The molecule has 1 aromatic carbocycles. The maximum absolute atomic E-state index is 3.82. The molecule has 1 saturated heterocycles. The van der Waals surface area contributed by atoms with Gasteiger partial charge in [0.05, 0.1) is 0 Å². The van der Waals surface area contributed by atoms with Crippen molar-refractivity contribution in [2.75, 3.05) is 13.1 Å². The molecule has 1 N–H and O–H groups in total. The summed E-state index contributed by atoms with van der Waals surface area (Å²) >= 11 is 0. The third kappa shape index (κ3) is 3.01. The molecule has 2 atom stereocenters. The van der Waals surface area contributed by atoms with E-state index in [1.54, 1.807) is 0 Å². The van der Waals surface area contributed by atoms with Crippen LogP contribution in [0.3, 0.4) is 0 Å². The minimum Gasteiger partial charge on any atom is -0.310 e. The van der Waals surface area contributed by atoms with Crippen molar-refractivity contribution in [3.8, 4) is 0 Å². The molecule has 0 radical (unpaired) electrons.